The quantitative estimate of drug-likeness (QED) is 0.711. The Morgan fingerprint density at radius 3 is 1.28 bits per heavy atom. The Labute approximate surface area is 146 Å². The molecule has 0 aliphatic carbocycles. The van der Waals surface area contributed by atoms with Gasteiger partial charge < -0.3 is 14.6 Å². The van der Waals surface area contributed by atoms with Crippen molar-refractivity contribution in [2.75, 3.05) is 14.2 Å². The molecule has 1 N–H and O–H groups in total. The maximum atomic E-state index is 13.4. The summed E-state index contributed by atoms with van der Waals surface area (Å²) < 4.78 is 23.7. The lowest BCUT2D eigenvalue weighted by Crippen LogP contribution is -2.28. The standard InChI is InChI=1S/C21H19FO3/c1-24-19-11-5-16(6-12-19)21(23,15-3-9-18(22)10-4-15)17-7-13-20(25-2)14-8-17/h3-14,23H,1-2H3. The van der Waals surface area contributed by atoms with Crippen molar-refractivity contribution in [2.45, 2.75) is 5.60 Å². The number of ether oxygens (including phenoxy) is 2. The predicted octanol–water partition coefficient (Wildman–Crippen LogP) is 4.13. The van der Waals surface area contributed by atoms with Crippen LogP contribution in [0.2, 0.25) is 0 Å². The first-order valence-corrected chi connectivity index (χ1v) is 7.85. The lowest BCUT2D eigenvalue weighted by atomic mass is 9.80. The van der Waals surface area contributed by atoms with Gasteiger partial charge in [-0.05, 0) is 53.1 Å². The third kappa shape index (κ3) is 3.21. The van der Waals surface area contributed by atoms with Gasteiger partial charge in [-0.15, -0.1) is 0 Å². The third-order valence-electron chi connectivity index (χ3n) is 4.28. The highest BCUT2D eigenvalue weighted by atomic mass is 19.1. The second kappa shape index (κ2) is 6.95. The van der Waals surface area contributed by atoms with Crippen molar-refractivity contribution in [1.82, 2.24) is 0 Å². The van der Waals surface area contributed by atoms with E-state index in [9.17, 15) is 9.50 Å². The van der Waals surface area contributed by atoms with Crippen LogP contribution in [0.3, 0.4) is 0 Å². The van der Waals surface area contributed by atoms with Crippen LogP contribution in [0, 0.1) is 5.82 Å². The molecule has 0 amide bonds. The van der Waals surface area contributed by atoms with Gasteiger partial charge in [0, 0.05) is 0 Å². The van der Waals surface area contributed by atoms with Gasteiger partial charge in [0.2, 0.25) is 0 Å². The van der Waals surface area contributed by atoms with E-state index in [0.29, 0.717) is 28.2 Å². The summed E-state index contributed by atoms with van der Waals surface area (Å²) in [6, 6.07) is 20.2. The van der Waals surface area contributed by atoms with Crippen LogP contribution in [0.4, 0.5) is 4.39 Å². The molecule has 4 heteroatoms. The van der Waals surface area contributed by atoms with Crippen molar-refractivity contribution in [3.8, 4) is 11.5 Å². The molecule has 0 atom stereocenters. The lowest BCUT2D eigenvalue weighted by Gasteiger charge is -2.30. The number of hydrogen-bond acceptors (Lipinski definition) is 3. The highest BCUT2D eigenvalue weighted by molar-refractivity contribution is 5.49. The minimum absolute atomic E-state index is 0.351. The first-order valence-electron chi connectivity index (χ1n) is 7.85. The molecular weight excluding hydrogens is 319 g/mol. The van der Waals surface area contributed by atoms with Crippen LogP contribution in [-0.4, -0.2) is 19.3 Å². The number of methoxy groups -OCH3 is 2. The fourth-order valence-electron chi connectivity index (χ4n) is 2.86. The summed E-state index contributed by atoms with van der Waals surface area (Å²) in [6.45, 7) is 0. The molecule has 25 heavy (non-hydrogen) atoms. The van der Waals surface area contributed by atoms with Crippen molar-refractivity contribution in [3.05, 3.63) is 95.3 Å². The van der Waals surface area contributed by atoms with Crippen LogP contribution in [-0.2, 0) is 5.60 Å². The number of hydrogen-bond donors (Lipinski definition) is 1. The number of benzene rings is 3. The minimum Gasteiger partial charge on any atom is -0.497 e. The Hall–Kier alpha value is -2.85. The summed E-state index contributed by atoms with van der Waals surface area (Å²) in [4.78, 5) is 0. The van der Waals surface area contributed by atoms with Crippen molar-refractivity contribution in [3.63, 3.8) is 0 Å². The normalized spacial score (nSPS) is 11.2. The zero-order valence-corrected chi connectivity index (χ0v) is 14.1. The Morgan fingerprint density at radius 1 is 0.640 bits per heavy atom. The van der Waals surface area contributed by atoms with Gasteiger partial charge in [0.1, 0.15) is 22.9 Å². The lowest BCUT2D eigenvalue weighted by molar-refractivity contribution is 0.125. The SMILES string of the molecule is COc1ccc(C(O)(c2ccc(F)cc2)c2ccc(OC)cc2)cc1. The van der Waals surface area contributed by atoms with E-state index < -0.39 is 5.60 Å². The van der Waals surface area contributed by atoms with Crippen molar-refractivity contribution in [2.24, 2.45) is 0 Å². The van der Waals surface area contributed by atoms with E-state index in [1.807, 2.05) is 0 Å². The van der Waals surface area contributed by atoms with Gasteiger partial charge in [0.05, 0.1) is 14.2 Å². The van der Waals surface area contributed by atoms with Crippen LogP contribution < -0.4 is 9.47 Å². The Bertz CT molecular complexity index is 777. The van der Waals surface area contributed by atoms with Crippen molar-refractivity contribution >= 4 is 0 Å². The molecule has 0 spiro atoms. The van der Waals surface area contributed by atoms with Crippen LogP contribution in [0.15, 0.2) is 72.8 Å². The van der Waals surface area contributed by atoms with Gasteiger partial charge >= 0.3 is 0 Å². The molecule has 0 aromatic heterocycles. The van der Waals surface area contributed by atoms with Crippen molar-refractivity contribution < 1.29 is 19.0 Å². The first kappa shape index (κ1) is 17.0. The van der Waals surface area contributed by atoms with E-state index in [1.54, 1.807) is 74.9 Å². The number of rotatable bonds is 5. The van der Waals surface area contributed by atoms with Gasteiger partial charge in [0.25, 0.3) is 0 Å². The Balaban J connectivity index is 2.16. The van der Waals surface area contributed by atoms with Crippen LogP contribution in [0.25, 0.3) is 0 Å². The molecule has 0 fully saturated rings. The molecule has 0 saturated carbocycles. The highest BCUT2D eigenvalue weighted by Gasteiger charge is 2.34. The van der Waals surface area contributed by atoms with E-state index in [2.05, 4.69) is 0 Å². The van der Waals surface area contributed by atoms with Gasteiger partial charge in [-0.3, -0.25) is 0 Å². The highest BCUT2D eigenvalue weighted by Crippen LogP contribution is 2.38. The van der Waals surface area contributed by atoms with Crippen LogP contribution >= 0.6 is 0 Å². The summed E-state index contributed by atoms with van der Waals surface area (Å²) in [7, 11) is 3.18. The average Bonchev–Trinajstić information content (AvgIpc) is 2.68. The Kier molecular flexibility index (Phi) is 4.72. The van der Waals surface area contributed by atoms with Crippen molar-refractivity contribution in [1.29, 1.82) is 0 Å². The molecule has 3 aromatic rings. The molecule has 3 rings (SSSR count). The largest absolute Gasteiger partial charge is 0.497 e. The predicted molar refractivity (Wildman–Crippen MR) is 94.5 cm³/mol. The molecule has 0 heterocycles. The minimum atomic E-state index is -1.42. The van der Waals surface area contributed by atoms with Crippen LogP contribution in [0.5, 0.6) is 11.5 Å². The molecule has 128 valence electrons. The van der Waals surface area contributed by atoms with E-state index in [1.165, 1.54) is 12.1 Å². The summed E-state index contributed by atoms with van der Waals surface area (Å²) >= 11 is 0. The van der Waals surface area contributed by atoms with Gasteiger partial charge in [-0.2, -0.15) is 0 Å². The molecule has 0 unspecified atom stereocenters. The number of aliphatic hydroxyl groups is 1. The third-order valence-corrected chi connectivity index (χ3v) is 4.28. The average molecular weight is 338 g/mol. The Morgan fingerprint density at radius 2 is 0.960 bits per heavy atom. The zero-order chi connectivity index (χ0) is 17.9. The maximum absolute atomic E-state index is 13.4. The second-order valence-electron chi connectivity index (χ2n) is 5.67. The zero-order valence-electron chi connectivity index (χ0n) is 14.1. The van der Waals surface area contributed by atoms with Gasteiger partial charge in [0.15, 0.2) is 0 Å². The van der Waals surface area contributed by atoms with E-state index >= 15 is 0 Å². The van der Waals surface area contributed by atoms with E-state index in [-0.39, 0.29) is 5.82 Å². The topological polar surface area (TPSA) is 38.7 Å². The molecule has 3 nitrogen and oxygen atoms in total. The molecule has 0 aliphatic rings. The monoisotopic (exact) mass is 338 g/mol. The second-order valence-corrected chi connectivity index (χ2v) is 5.67. The molecule has 0 bridgehead atoms. The van der Waals surface area contributed by atoms with E-state index in [4.69, 9.17) is 9.47 Å². The summed E-state index contributed by atoms with van der Waals surface area (Å²) in [6.07, 6.45) is 0. The van der Waals surface area contributed by atoms with Gasteiger partial charge in [-0.1, -0.05) is 36.4 Å². The fourth-order valence-corrected chi connectivity index (χ4v) is 2.86. The molecule has 3 aromatic carbocycles. The summed E-state index contributed by atoms with van der Waals surface area (Å²) in [5, 5.41) is 11.6. The van der Waals surface area contributed by atoms with Gasteiger partial charge in [-0.25, -0.2) is 4.39 Å². The van der Waals surface area contributed by atoms with E-state index in [0.717, 1.165) is 0 Å². The molecule has 0 aliphatic heterocycles. The smallest absolute Gasteiger partial charge is 0.140 e. The fraction of sp³-hybridized carbons (Fsp3) is 0.143. The molecular formula is C21H19FO3. The summed E-state index contributed by atoms with van der Waals surface area (Å²) in [5.74, 6) is 1.04. The first-order chi connectivity index (χ1) is 12.1. The summed E-state index contributed by atoms with van der Waals surface area (Å²) in [5.41, 5.74) is 0.464. The van der Waals surface area contributed by atoms with Crippen LogP contribution in [0.1, 0.15) is 16.7 Å². The number of halogens is 1. The maximum Gasteiger partial charge on any atom is 0.140 e. The molecule has 0 radical (unpaired) electrons. The molecule has 0 saturated heterocycles.